The molecule has 0 radical (unpaired) electrons. The van der Waals surface area contributed by atoms with Crippen LogP contribution in [0.5, 0.6) is 5.75 Å². The van der Waals surface area contributed by atoms with Gasteiger partial charge in [-0.3, -0.25) is 0 Å². The smallest absolute Gasteiger partial charge is 0.137 e. The van der Waals surface area contributed by atoms with E-state index < -0.39 is 0 Å². The summed E-state index contributed by atoms with van der Waals surface area (Å²) in [5.74, 6) is 1.95. The number of hydrogen-bond donors (Lipinski definition) is 0. The molecule has 0 saturated carbocycles. The Hall–Kier alpha value is -0.400. The zero-order valence-electron chi connectivity index (χ0n) is 9.80. The Bertz CT molecular complexity index is 324. The van der Waals surface area contributed by atoms with Gasteiger partial charge >= 0.3 is 0 Å². The Morgan fingerprint density at radius 2 is 2.06 bits per heavy atom. The molecular formula is C13H18Cl2O. The fraction of sp³-hybridized carbons (Fsp3) is 0.538. The molecule has 3 heteroatoms. The van der Waals surface area contributed by atoms with E-state index in [-0.39, 0.29) is 0 Å². The van der Waals surface area contributed by atoms with Gasteiger partial charge in [0.1, 0.15) is 5.75 Å². The van der Waals surface area contributed by atoms with Crippen LogP contribution in [-0.2, 0) is 5.88 Å². The topological polar surface area (TPSA) is 9.23 Å². The molecule has 0 spiro atoms. The van der Waals surface area contributed by atoms with Crippen molar-refractivity contribution in [2.75, 3.05) is 6.61 Å². The van der Waals surface area contributed by atoms with Gasteiger partial charge in [0.15, 0.2) is 0 Å². The normalized spacial score (nSPS) is 10.8. The molecule has 0 aliphatic carbocycles. The molecule has 0 heterocycles. The van der Waals surface area contributed by atoms with Gasteiger partial charge in [-0.05, 0) is 36.5 Å². The molecule has 0 aliphatic heterocycles. The molecule has 1 aromatic rings. The monoisotopic (exact) mass is 260 g/mol. The molecule has 1 nitrogen and oxygen atoms in total. The summed E-state index contributed by atoms with van der Waals surface area (Å²) in [6, 6.07) is 5.68. The second-order valence-electron chi connectivity index (χ2n) is 4.28. The van der Waals surface area contributed by atoms with Crippen molar-refractivity contribution in [1.82, 2.24) is 0 Å². The Labute approximate surface area is 108 Å². The first-order chi connectivity index (χ1) is 7.63. The summed E-state index contributed by atoms with van der Waals surface area (Å²) in [6.45, 7) is 5.14. The summed E-state index contributed by atoms with van der Waals surface area (Å²) in [4.78, 5) is 0. The largest absolute Gasteiger partial charge is 0.492 e. The molecule has 0 bridgehead atoms. The Kier molecular flexibility index (Phi) is 6.00. The van der Waals surface area contributed by atoms with E-state index in [2.05, 4.69) is 13.8 Å². The van der Waals surface area contributed by atoms with Gasteiger partial charge in [0.25, 0.3) is 0 Å². The van der Waals surface area contributed by atoms with E-state index in [4.69, 9.17) is 27.9 Å². The predicted octanol–water partition coefficient (Wildman–Crippen LogP) is 4.89. The highest BCUT2D eigenvalue weighted by molar-refractivity contribution is 6.32. The van der Waals surface area contributed by atoms with Crippen molar-refractivity contribution in [2.24, 2.45) is 5.92 Å². The molecule has 16 heavy (non-hydrogen) atoms. The van der Waals surface area contributed by atoms with Gasteiger partial charge in [-0.1, -0.05) is 31.5 Å². The van der Waals surface area contributed by atoms with E-state index >= 15 is 0 Å². The van der Waals surface area contributed by atoms with Gasteiger partial charge in [-0.15, -0.1) is 11.6 Å². The summed E-state index contributed by atoms with van der Waals surface area (Å²) < 4.78 is 5.61. The van der Waals surface area contributed by atoms with Crippen LogP contribution < -0.4 is 4.74 Å². The maximum absolute atomic E-state index is 6.07. The van der Waals surface area contributed by atoms with Crippen LogP contribution >= 0.6 is 23.2 Å². The highest BCUT2D eigenvalue weighted by Crippen LogP contribution is 2.26. The van der Waals surface area contributed by atoms with Crippen LogP contribution in [0.15, 0.2) is 18.2 Å². The molecule has 1 aromatic carbocycles. The lowest BCUT2D eigenvalue weighted by atomic mass is 10.1. The number of hydrogen-bond acceptors (Lipinski definition) is 1. The van der Waals surface area contributed by atoms with Gasteiger partial charge in [0.05, 0.1) is 11.6 Å². The van der Waals surface area contributed by atoms with Crippen molar-refractivity contribution in [3.05, 3.63) is 28.8 Å². The number of benzene rings is 1. The quantitative estimate of drug-likeness (QED) is 0.523. The summed E-state index contributed by atoms with van der Waals surface area (Å²) in [6.07, 6.45) is 2.24. The van der Waals surface area contributed by atoms with Crippen LogP contribution in [0.1, 0.15) is 32.3 Å². The first kappa shape index (κ1) is 13.7. The van der Waals surface area contributed by atoms with Crippen LogP contribution in [0.25, 0.3) is 0 Å². The van der Waals surface area contributed by atoms with E-state index in [0.29, 0.717) is 10.9 Å². The highest BCUT2D eigenvalue weighted by atomic mass is 35.5. The molecule has 0 amide bonds. The van der Waals surface area contributed by atoms with Crippen molar-refractivity contribution < 1.29 is 4.74 Å². The van der Waals surface area contributed by atoms with Crippen molar-refractivity contribution in [3.8, 4) is 5.75 Å². The average molecular weight is 261 g/mol. The van der Waals surface area contributed by atoms with Crippen LogP contribution in [0, 0.1) is 5.92 Å². The lowest BCUT2D eigenvalue weighted by Gasteiger charge is -2.09. The Balaban J connectivity index is 2.42. The molecule has 90 valence electrons. The average Bonchev–Trinajstić information content (AvgIpc) is 2.25. The minimum Gasteiger partial charge on any atom is -0.492 e. The van der Waals surface area contributed by atoms with Crippen LogP contribution in [0.3, 0.4) is 0 Å². The maximum atomic E-state index is 6.07. The SMILES string of the molecule is CC(C)CCCOc1ccc(CCl)cc1Cl. The van der Waals surface area contributed by atoms with Crippen LogP contribution in [0.2, 0.25) is 5.02 Å². The molecule has 0 saturated heterocycles. The highest BCUT2D eigenvalue weighted by Gasteiger charge is 2.03. The molecule has 0 aliphatic rings. The summed E-state index contributed by atoms with van der Waals surface area (Å²) in [5.41, 5.74) is 1.01. The fourth-order valence-corrected chi connectivity index (χ4v) is 1.84. The second kappa shape index (κ2) is 7.03. The summed E-state index contributed by atoms with van der Waals surface area (Å²) in [7, 11) is 0. The maximum Gasteiger partial charge on any atom is 0.137 e. The van der Waals surface area contributed by atoms with Crippen molar-refractivity contribution in [1.29, 1.82) is 0 Å². The number of halogens is 2. The number of rotatable bonds is 6. The van der Waals surface area contributed by atoms with Crippen molar-refractivity contribution in [2.45, 2.75) is 32.6 Å². The predicted molar refractivity (Wildman–Crippen MR) is 70.6 cm³/mol. The zero-order valence-corrected chi connectivity index (χ0v) is 11.3. The van der Waals surface area contributed by atoms with E-state index in [0.717, 1.165) is 30.3 Å². The Morgan fingerprint density at radius 3 is 2.62 bits per heavy atom. The van der Waals surface area contributed by atoms with E-state index in [9.17, 15) is 0 Å². The van der Waals surface area contributed by atoms with Gasteiger partial charge in [-0.25, -0.2) is 0 Å². The minimum atomic E-state index is 0.480. The van der Waals surface area contributed by atoms with E-state index in [1.807, 2.05) is 18.2 Å². The second-order valence-corrected chi connectivity index (χ2v) is 4.96. The molecule has 0 fully saturated rings. The lowest BCUT2D eigenvalue weighted by molar-refractivity contribution is 0.298. The van der Waals surface area contributed by atoms with Crippen LogP contribution in [-0.4, -0.2) is 6.61 Å². The van der Waals surface area contributed by atoms with Crippen LogP contribution in [0.4, 0.5) is 0 Å². The number of ether oxygens (including phenoxy) is 1. The molecule has 0 atom stereocenters. The van der Waals surface area contributed by atoms with Crippen molar-refractivity contribution in [3.63, 3.8) is 0 Å². The fourth-order valence-electron chi connectivity index (χ4n) is 1.42. The third kappa shape index (κ3) is 4.63. The van der Waals surface area contributed by atoms with E-state index in [1.165, 1.54) is 6.42 Å². The molecule has 0 N–H and O–H groups in total. The minimum absolute atomic E-state index is 0.480. The third-order valence-electron chi connectivity index (χ3n) is 2.33. The summed E-state index contributed by atoms with van der Waals surface area (Å²) >= 11 is 11.8. The van der Waals surface area contributed by atoms with Gasteiger partial charge in [0.2, 0.25) is 0 Å². The first-order valence-electron chi connectivity index (χ1n) is 5.60. The van der Waals surface area contributed by atoms with Crippen molar-refractivity contribution >= 4 is 23.2 Å². The summed E-state index contributed by atoms with van der Waals surface area (Å²) in [5, 5.41) is 0.641. The molecule has 1 rings (SSSR count). The zero-order chi connectivity index (χ0) is 12.0. The molecule has 0 unspecified atom stereocenters. The van der Waals surface area contributed by atoms with E-state index in [1.54, 1.807) is 0 Å². The van der Waals surface area contributed by atoms with Gasteiger partial charge in [0, 0.05) is 5.88 Å². The van der Waals surface area contributed by atoms with Gasteiger partial charge in [-0.2, -0.15) is 0 Å². The third-order valence-corrected chi connectivity index (χ3v) is 2.94. The first-order valence-corrected chi connectivity index (χ1v) is 6.52. The molecule has 0 aromatic heterocycles. The molecular weight excluding hydrogens is 243 g/mol. The Morgan fingerprint density at radius 1 is 1.31 bits per heavy atom. The number of alkyl halides is 1. The standard InChI is InChI=1S/C13H18Cl2O/c1-10(2)4-3-7-16-13-6-5-11(9-14)8-12(13)15/h5-6,8,10H,3-4,7,9H2,1-2H3. The lowest BCUT2D eigenvalue weighted by Crippen LogP contribution is -2.00. The van der Waals surface area contributed by atoms with Gasteiger partial charge < -0.3 is 4.74 Å².